The zero-order valence-corrected chi connectivity index (χ0v) is 24.9. The van der Waals surface area contributed by atoms with Gasteiger partial charge in [-0.05, 0) is 51.9 Å². The quantitative estimate of drug-likeness (QED) is 0.115. The van der Waals surface area contributed by atoms with E-state index in [1.54, 1.807) is 13.3 Å². The first-order chi connectivity index (χ1) is 20.3. The lowest BCUT2D eigenvalue weighted by Crippen LogP contribution is -2.20. The summed E-state index contributed by atoms with van der Waals surface area (Å²) in [6, 6.07) is 34.2. The van der Waals surface area contributed by atoms with E-state index < -0.39 is 0 Å². The van der Waals surface area contributed by atoms with Crippen LogP contribution in [0.1, 0.15) is 31.9 Å². The van der Waals surface area contributed by atoms with Crippen molar-refractivity contribution in [1.29, 1.82) is 0 Å². The average Bonchev–Trinajstić information content (AvgIpc) is 3.44. The molecule has 0 radical (unpaired) electrons. The summed E-state index contributed by atoms with van der Waals surface area (Å²) in [4.78, 5) is 12.7. The molecular formula is C34H33N5O2S. The van der Waals surface area contributed by atoms with Crippen LogP contribution in [0.3, 0.4) is 0 Å². The van der Waals surface area contributed by atoms with Crippen molar-refractivity contribution in [3.05, 3.63) is 114 Å². The van der Waals surface area contributed by atoms with E-state index >= 15 is 0 Å². The molecule has 0 aliphatic rings. The van der Waals surface area contributed by atoms with Crippen molar-refractivity contribution in [3.63, 3.8) is 0 Å². The van der Waals surface area contributed by atoms with E-state index in [0.717, 1.165) is 33.7 Å². The lowest BCUT2D eigenvalue weighted by Gasteiger charge is -2.19. The van der Waals surface area contributed by atoms with Gasteiger partial charge in [-0.2, -0.15) is 5.10 Å². The maximum Gasteiger partial charge on any atom is 0.250 e. The third kappa shape index (κ3) is 6.95. The number of carbonyl (C=O) groups is 1. The largest absolute Gasteiger partial charge is 0.497 e. The third-order valence-corrected chi connectivity index (χ3v) is 7.66. The summed E-state index contributed by atoms with van der Waals surface area (Å²) < 4.78 is 7.30. The summed E-state index contributed by atoms with van der Waals surface area (Å²) in [5.41, 5.74) is 8.87. The molecular weight excluding hydrogens is 542 g/mol. The fraction of sp³-hybridized carbons (Fsp3) is 0.176. The molecule has 0 fully saturated rings. The van der Waals surface area contributed by atoms with E-state index in [0.29, 0.717) is 11.0 Å². The predicted molar refractivity (Wildman–Crippen MR) is 170 cm³/mol. The monoisotopic (exact) mass is 575 g/mol. The molecule has 0 aliphatic carbocycles. The van der Waals surface area contributed by atoms with Gasteiger partial charge in [-0.1, -0.05) is 111 Å². The highest BCUT2D eigenvalue weighted by atomic mass is 32.2. The minimum absolute atomic E-state index is 0.0463. The fourth-order valence-corrected chi connectivity index (χ4v) is 5.11. The van der Waals surface area contributed by atoms with Crippen LogP contribution in [-0.4, -0.2) is 39.7 Å². The van der Waals surface area contributed by atoms with E-state index in [-0.39, 0.29) is 17.1 Å². The lowest BCUT2D eigenvalue weighted by molar-refractivity contribution is -0.118. The smallest absolute Gasteiger partial charge is 0.250 e. The van der Waals surface area contributed by atoms with Crippen LogP contribution in [0.15, 0.2) is 113 Å². The molecule has 1 heterocycles. The van der Waals surface area contributed by atoms with Crippen molar-refractivity contribution in [1.82, 2.24) is 20.2 Å². The Morgan fingerprint density at radius 1 is 0.857 bits per heavy atom. The van der Waals surface area contributed by atoms with Crippen LogP contribution in [0.4, 0.5) is 0 Å². The first-order valence-corrected chi connectivity index (χ1v) is 14.6. The van der Waals surface area contributed by atoms with Gasteiger partial charge in [0.05, 0.1) is 19.1 Å². The maximum atomic E-state index is 12.7. The van der Waals surface area contributed by atoms with E-state index in [4.69, 9.17) is 4.74 Å². The number of carbonyl (C=O) groups excluding carboxylic acids is 1. The number of nitrogens with zero attached hydrogens (tertiary/aromatic N) is 4. The first kappa shape index (κ1) is 28.8. The second-order valence-corrected chi connectivity index (χ2v) is 11.7. The second kappa shape index (κ2) is 12.9. The van der Waals surface area contributed by atoms with Crippen molar-refractivity contribution in [2.75, 3.05) is 12.9 Å². The summed E-state index contributed by atoms with van der Waals surface area (Å²) in [6.07, 6.45) is 1.64. The van der Waals surface area contributed by atoms with Gasteiger partial charge < -0.3 is 4.74 Å². The van der Waals surface area contributed by atoms with Gasteiger partial charge in [0, 0.05) is 11.3 Å². The van der Waals surface area contributed by atoms with Gasteiger partial charge in [0.1, 0.15) is 5.75 Å². The molecule has 5 rings (SSSR count). The van der Waals surface area contributed by atoms with Crippen molar-refractivity contribution < 1.29 is 9.53 Å². The normalized spacial score (nSPS) is 11.5. The number of amides is 1. The van der Waals surface area contributed by atoms with E-state index in [9.17, 15) is 4.79 Å². The molecule has 0 bridgehead atoms. The molecule has 8 heteroatoms. The average molecular weight is 576 g/mol. The molecule has 1 aromatic heterocycles. The number of hydrazone groups is 1. The molecule has 0 saturated heterocycles. The molecule has 1 amide bonds. The maximum absolute atomic E-state index is 12.7. The molecule has 7 nitrogen and oxygen atoms in total. The third-order valence-electron chi connectivity index (χ3n) is 6.73. The van der Waals surface area contributed by atoms with Crippen LogP contribution in [-0.2, 0) is 10.2 Å². The number of benzene rings is 4. The van der Waals surface area contributed by atoms with Gasteiger partial charge in [0.15, 0.2) is 11.0 Å². The number of ether oxygens (including phenoxy) is 1. The van der Waals surface area contributed by atoms with Crippen LogP contribution in [0, 0.1) is 0 Å². The molecule has 4 aromatic carbocycles. The Labute approximate surface area is 250 Å². The van der Waals surface area contributed by atoms with Gasteiger partial charge >= 0.3 is 0 Å². The Balaban J connectivity index is 1.28. The highest BCUT2D eigenvalue weighted by Gasteiger charge is 2.19. The zero-order valence-electron chi connectivity index (χ0n) is 24.1. The Morgan fingerprint density at radius 2 is 1.50 bits per heavy atom. The van der Waals surface area contributed by atoms with Crippen molar-refractivity contribution >= 4 is 23.9 Å². The minimum atomic E-state index is -0.238. The summed E-state index contributed by atoms with van der Waals surface area (Å²) >= 11 is 1.30. The Morgan fingerprint density at radius 3 is 2.14 bits per heavy atom. The highest BCUT2D eigenvalue weighted by Crippen LogP contribution is 2.31. The number of rotatable bonds is 9. The Bertz CT molecular complexity index is 1660. The van der Waals surface area contributed by atoms with Crippen LogP contribution in [0.2, 0.25) is 0 Å². The molecule has 0 atom stereocenters. The molecule has 0 spiro atoms. The molecule has 212 valence electrons. The predicted octanol–water partition coefficient (Wildman–Crippen LogP) is 7.15. The molecule has 0 aliphatic heterocycles. The van der Waals surface area contributed by atoms with E-state index in [1.165, 1.54) is 17.3 Å². The molecule has 1 N–H and O–H groups in total. The molecule has 5 aromatic rings. The second-order valence-electron chi connectivity index (χ2n) is 10.7. The fourth-order valence-electron chi connectivity index (χ4n) is 4.37. The zero-order chi connectivity index (χ0) is 29.5. The van der Waals surface area contributed by atoms with E-state index in [2.05, 4.69) is 77.9 Å². The molecule has 0 saturated carbocycles. The highest BCUT2D eigenvalue weighted by molar-refractivity contribution is 7.99. The number of aromatic nitrogens is 3. The summed E-state index contributed by atoms with van der Waals surface area (Å²) in [6.45, 7) is 6.56. The van der Waals surface area contributed by atoms with Crippen LogP contribution in [0.25, 0.3) is 28.2 Å². The number of hydrogen-bond donors (Lipinski definition) is 1. The number of methoxy groups -OCH3 is 1. The van der Waals surface area contributed by atoms with Crippen LogP contribution >= 0.6 is 11.8 Å². The summed E-state index contributed by atoms with van der Waals surface area (Å²) in [5, 5.41) is 13.7. The number of nitrogens with one attached hydrogen (secondary N) is 1. The molecule has 0 unspecified atom stereocenters. The van der Waals surface area contributed by atoms with Gasteiger partial charge in [-0.25, -0.2) is 5.43 Å². The van der Waals surface area contributed by atoms with Gasteiger partial charge in [0.25, 0.3) is 5.91 Å². The SMILES string of the molecule is COc1ccc(-n2c(SCC(=O)N/N=C/c3ccc(-c4ccccc4)cc3)nnc2-c2ccc(C(C)(C)C)cc2)cc1. The Kier molecular flexibility index (Phi) is 8.83. The van der Waals surface area contributed by atoms with E-state index in [1.807, 2.05) is 71.3 Å². The number of hydrogen-bond acceptors (Lipinski definition) is 6. The van der Waals surface area contributed by atoms with Gasteiger partial charge in [0.2, 0.25) is 0 Å². The van der Waals surface area contributed by atoms with Crippen LogP contribution < -0.4 is 10.2 Å². The minimum Gasteiger partial charge on any atom is -0.497 e. The lowest BCUT2D eigenvalue weighted by atomic mass is 9.87. The Hall–Kier alpha value is -4.69. The van der Waals surface area contributed by atoms with Crippen molar-refractivity contribution in [2.24, 2.45) is 5.10 Å². The molecule has 42 heavy (non-hydrogen) atoms. The van der Waals surface area contributed by atoms with Crippen LogP contribution in [0.5, 0.6) is 5.75 Å². The number of thioether (sulfide) groups is 1. The standard InChI is InChI=1S/C34H33N5O2S/c1-34(2,3)28-16-14-27(15-17-28)32-37-38-33(39(32)29-18-20-30(41-4)21-19-29)42-23-31(40)36-35-22-24-10-12-26(13-11-24)25-8-6-5-7-9-25/h5-22H,23H2,1-4H3,(H,36,40)/b35-22+. The van der Waals surface area contributed by atoms with Gasteiger partial charge in [-0.15, -0.1) is 10.2 Å². The first-order valence-electron chi connectivity index (χ1n) is 13.6. The summed E-state index contributed by atoms with van der Waals surface area (Å²) in [7, 11) is 1.64. The van der Waals surface area contributed by atoms with Crippen molar-refractivity contribution in [2.45, 2.75) is 31.3 Å². The van der Waals surface area contributed by atoms with Crippen molar-refractivity contribution in [3.8, 4) is 34.0 Å². The van der Waals surface area contributed by atoms with Gasteiger partial charge in [-0.3, -0.25) is 9.36 Å². The topological polar surface area (TPSA) is 81.4 Å². The summed E-state index contributed by atoms with van der Waals surface area (Å²) in [5.74, 6) is 1.34.